The summed E-state index contributed by atoms with van der Waals surface area (Å²) in [5.41, 5.74) is 6.28. The SMILES string of the molecule is NCCCNc1cc2c(cc1Cl)OCCO2. The maximum Gasteiger partial charge on any atom is 0.163 e. The topological polar surface area (TPSA) is 56.5 Å². The van der Waals surface area contributed by atoms with Crippen LogP contribution < -0.4 is 20.5 Å². The highest BCUT2D eigenvalue weighted by atomic mass is 35.5. The van der Waals surface area contributed by atoms with Gasteiger partial charge in [0.2, 0.25) is 0 Å². The summed E-state index contributed by atoms with van der Waals surface area (Å²) in [6.45, 7) is 2.62. The highest BCUT2D eigenvalue weighted by molar-refractivity contribution is 6.33. The van der Waals surface area contributed by atoms with Crippen LogP contribution in [0.25, 0.3) is 0 Å². The van der Waals surface area contributed by atoms with E-state index in [9.17, 15) is 0 Å². The van der Waals surface area contributed by atoms with Crippen molar-refractivity contribution in [3.8, 4) is 11.5 Å². The molecule has 2 rings (SSSR count). The molecule has 0 radical (unpaired) electrons. The van der Waals surface area contributed by atoms with Crippen molar-refractivity contribution in [3.05, 3.63) is 17.2 Å². The van der Waals surface area contributed by atoms with Crippen LogP contribution in [0.3, 0.4) is 0 Å². The molecule has 0 bridgehead atoms. The van der Waals surface area contributed by atoms with Gasteiger partial charge in [-0.3, -0.25) is 0 Å². The molecule has 1 aromatic rings. The number of ether oxygens (including phenoxy) is 2. The molecule has 1 aliphatic rings. The Morgan fingerprint density at radius 3 is 2.62 bits per heavy atom. The molecule has 0 spiro atoms. The Morgan fingerprint density at radius 1 is 1.25 bits per heavy atom. The number of halogens is 1. The molecule has 5 heteroatoms. The molecular weight excluding hydrogens is 228 g/mol. The number of hydrogen-bond acceptors (Lipinski definition) is 4. The van der Waals surface area contributed by atoms with E-state index < -0.39 is 0 Å². The van der Waals surface area contributed by atoms with Crippen molar-refractivity contribution in [2.45, 2.75) is 6.42 Å². The predicted molar refractivity (Wildman–Crippen MR) is 64.6 cm³/mol. The van der Waals surface area contributed by atoms with Gasteiger partial charge in [-0.1, -0.05) is 11.6 Å². The molecule has 0 amide bonds. The lowest BCUT2D eigenvalue weighted by atomic mass is 10.2. The van der Waals surface area contributed by atoms with Gasteiger partial charge < -0.3 is 20.5 Å². The smallest absolute Gasteiger partial charge is 0.163 e. The van der Waals surface area contributed by atoms with Crippen molar-refractivity contribution in [2.24, 2.45) is 5.73 Å². The minimum Gasteiger partial charge on any atom is -0.486 e. The van der Waals surface area contributed by atoms with Gasteiger partial charge in [0.25, 0.3) is 0 Å². The monoisotopic (exact) mass is 242 g/mol. The average Bonchev–Trinajstić information content (AvgIpc) is 2.30. The van der Waals surface area contributed by atoms with Gasteiger partial charge in [-0.2, -0.15) is 0 Å². The van der Waals surface area contributed by atoms with E-state index in [1.807, 2.05) is 6.07 Å². The number of hydrogen-bond donors (Lipinski definition) is 2. The highest BCUT2D eigenvalue weighted by Gasteiger charge is 2.14. The molecule has 0 saturated carbocycles. The van der Waals surface area contributed by atoms with Crippen molar-refractivity contribution >= 4 is 17.3 Å². The first kappa shape index (κ1) is 11.4. The van der Waals surface area contributed by atoms with E-state index in [1.54, 1.807) is 6.07 Å². The highest BCUT2D eigenvalue weighted by Crippen LogP contribution is 2.37. The molecular formula is C11H15ClN2O2. The molecule has 0 atom stereocenters. The van der Waals surface area contributed by atoms with Crippen molar-refractivity contribution in [3.63, 3.8) is 0 Å². The molecule has 88 valence electrons. The average molecular weight is 243 g/mol. The molecule has 1 heterocycles. The van der Waals surface area contributed by atoms with Crippen LogP contribution in [0.1, 0.15) is 6.42 Å². The van der Waals surface area contributed by atoms with E-state index in [1.165, 1.54) is 0 Å². The summed E-state index contributed by atoms with van der Waals surface area (Å²) in [6, 6.07) is 3.65. The standard InChI is InChI=1S/C11H15ClN2O2/c12-8-6-10-11(16-5-4-15-10)7-9(8)14-3-1-2-13/h6-7,14H,1-5,13H2. The van der Waals surface area contributed by atoms with Crippen molar-refractivity contribution in [2.75, 3.05) is 31.6 Å². The third-order valence-corrected chi connectivity index (χ3v) is 2.64. The Bertz CT molecular complexity index is 371. The molecule has 0 saturated heterocycles. The maximum atomic E-state index is 6.11. The number of nitrogens with two attached hydrogens (primary N) is 1. The molecule has 16 heavy (non-hydrogen) atoms. The Balaban J connectivity index is 2.12. The van der Waals surface area contributed by atoms with Gasteiger partial charge in [-0.15, -0.1) is 0 Å². The second-order valence-electron chi connectivity index (χ2n) is 3.54. The summed E-state index contributed by atoms with van der Waals surface area (Å²) >= 11 is 6.11. The fourth-order valence-electron chi connectivity index (χ4n) is 1.52. The molecule has 0 aromatic heterocycles. The third-order valence-electron chi connectivity index (χ3n) is 2.33. The Hall–Kier alpha value is -1.13. The minimum absolute atomic E-state index is 0.573. The zero-order valence-electron chi connectivity index (χ0n) is 8.96. The number of fused-ring (bicyclic) bond motifs is 1. The first-order valence-corrected chi connectivity index (χ1v) is 5.72. The molecule has 3 N–H and O–H groups in total. The zero-order valence-corrected chi connectivity index (χ0v) is 9.72. The van der Waals surface area contributed by atoms with Gasteiger partial charge in [0, 0.05) is 18.7 Å². The van der Waals surface area contributed by atoms with Crippen LogP contribution in [0.15, 0.2) is 12.1 Å². The maximum absolute atomic E-state index is 6.11. The van der Waals surface area contributed by atoms with E-state index in [2.05, 4.69) is 5.32 Å². The summed E-state index contributed by atoms with van der Waals surface area (Å²) in [5, 5.41) is 3.86. The van der Waals surface area contributed by atoms with Gasteiger partial charge in [-0.05, 0) is 13.0 Å². The lowest BCUT2D eigenvalue weighted by molar-refractivity contribution is 0.171. The summed E-state index contributed by atoms with van der Waals surface area (Å²) in [4.78, 5) is 0. The number of anilines is 1. The van der Waals surface area contributed by atoms with Gasteiger partial charge in [0.05, 0.1) is 10.7 Å². The van der Waals surface area contributed by atoms with Gasteiger partial charge >= 0.3 is 0 Å². The van der Waals surface area contributed by atoms with E-state index in [0.717, 1.165) is 24.4 Å². The Labute approximate surface area is 99.7 Å². The number of rotatable bonds is 4. The first-order valence-electron chi connectivity index (χ1n) is 5.34. The van der Waals surface area contributed by atoms with E-state index in [4.69, 9.17) is 26.8 Å². The summed E-state index contributed by atoms with van der Waals surface area (Å²) < 4.78 is 10.9. The van der Waals surface area contributed by atoms with Crippen LogP contribution in [0.2, 0.25) is 5.02 Å². The molecule has 1 aliphatic heterocycles. The molecule has 0 aliphatic carbocycles. The van der Waals surface area contributed by atoms with E-state index in [-0.39, 0.29) is 0 Å². The molecule has 1 aromatic carbocycles. The number of nitrogens with one attached hydrogen (secondary N) is 1. The summed E-state index contributed by atoms with van der Waals surface area (Å²) in [6.07, 6.45) is 0.908. The van der Waals surface area contributed by atoms with Crippen molar-refractivity contribution in [1.29, 1.82) is 0 Å². The molecule has 0 unspecified atom stereocenters. The summed E-state index contributed by atoms with van der Waals surface area (Å²) in [5.74, 6) is 1.45. The normalized spacial score (nSPS) is 13.6. The van der Waals surface area contributed by atoms with Crippen LogP contribution in [0, 0.1) is 0 Å². The van der Waals surface area contributed by atoms with Crippen LogP contribution in [0.4, 0.5) is 5.69 Å². The Morgan fingerprint density at radius 2 is 1.94 bits per heavy atom. The van der Waals surface area contributed by atoms with Gasteiger partial charge in [0.15, 0.2) is 11.5 Å². The Kier molecular flexibility index (Phi) is 3.74. The lowest BCUT2D eigenvalue weighted by Gasteiger charge is -2.20. The summed E-state index contributed by atoms with van der Waals surface area (Å²) in [7, 11) is 0. The number of benzene rings is 1. The van der Waals surface area contributed by atoms with Crippen molar-refractivity contribution in [1.82, 2.24) is 0 Å². The van der Waals surface area contributed by atoms with Crippen LogP contribution in [0.5, 0.6) is 11.5 Å². The zero-order chi connectivity index (χ0) is 11.4. The lowest BCUT2D eigenvalue weighted by Crippen LogP contribution is -2.16. The predicted octanol–water partition coefficient (Wildman–Crippen LogP) is 1.87. The van der Waals surface area contributed by atoms with Crippen LogP contribution >= 0.6 is 11.6 Å². The fourth-order valence-corrected chi connectivity index (χ4v) is 1.75. The van der Waals surface area contributed by atoms with Gasteiger partial charge in [-0.25, -0.2) is 0 Å². The largest absolute Gasteiger partial charge is 0.486 e. The second-order valence-corrected chi connectivity index (χ2v) is 3.95. The van der Waals surface area contributed by atoms with Gasteiger partial charge in [0.1, 0.15) is 13.2 Å². The van der Waals surface area contributed by atoms with Crippen LogP contribution in [-0.2, 0) is 0 Å². The minimum atomic E-state index is 0.573. The van der Waals surface area contributed by atoms with Crippen LogP contribution in [-0.4, -0.2) is 26.3 Å². The van der Waals surface area contributed by atoms with E-state index in [0.29, 0.717) is 30.5 Å². The second kappa shape index (κ2) is 5.27. The fraction of sp³-hybridized carbons (Fsp3) is 0.455. The van der Waals surface area contributed by atoms with Crippen molar-refractivity contribution < 1.29 is 9.47 Å². The molecule has 0 fully saturated rings. The molecule has 4 nitrogen and oxygen atoms in total. The van der Waals surface area contributed by atoms with E-state index >= 15 is 0 Å². The quantitative estimate of drug-likeness (QED) is 0.792. The third kappa shape index (κ3) is 2.51. The first-order chi connectivity index (χ1) is 7.81.